The average Bonchev–Trinajstić information content (AvgIpc) is 1.97. The van der Waals surface area contributed by atoms with Crippen molar-refractivity contribution in [3.05, 3.63) is 6.42 Å². The van der Waals surface area contributed by atoms with Crippen LogP contribution in [0.2, 0.25) is 0 Å². The highest BCUT2D eigenvalue weighted by atomic mass is 16.1. The maximum atomic E-state index is 10.7. The van der Waals surface area contributed by atoms with Gasteiger partial charge < -0.3 is 11.5 Å². The summed E-state index contributed by atoms with van der Waals surface area (Å²) in [7, 11) is 0. The Bertz CT molecular complexity index is 160. The molecule has 0 fully saturated rings. The molecule has 0 bridgehead atoms. The van der Waals surface area contributed by atoms with Crippen molar-refractivity contribution in [2.45, 2.75) is 19.3 Å². The first-order chi connectivity index (χ1) is 5.22. The van der Waals surface area contributed by atoms with E-state index in [1.165, 1.54) is 0 Å². The zero-order valence-electron chi connectivity index (χ0n) is 6.47. The molecule has 0 aliphatic heterocycles. The lowest BCUT2D eigenvalue weighted by atomic mass is 9.99. The largest absolute Gasteiger partial charge is 0.369 e. The lowest BCUT2D eigenvalue weighted by Crippen LogP contribution is -2.25. The van der Waals surface area contributed by atoms with Gasteiger partial charge in [-0.25, -0.2) is 0 Å². The van der Waals surface area contributed by atoms with Crippen LogP contribution in [0.5, 0.6) is 0 Å². The Morgan fingerprint density at radius 3 is 2.55 bits per heavy atom. The first kappa shape index (κ1) is 9.99. The fraction of sp³-hybridized carbons (Fsp3) is 0.625. The Balaban J connectivity index is 3.71. The molecule has 1 unspecified atom stereocenters. The van der Waals surface area contributed by atoms with E-state index in [9.17, 15) is 4.79 Å². The van der Waals surface area contributed by atoms with Gasteiger partial charge in [0, 0.05) is 12.3 Å². The van der Waals surface area contributed by atoms with Gasteiger partial charge in [0.25, 0.3) is 0 Å². The molecule has 1 radical (unpaired) electrons. The van der Waals surface area contributed by atoms with E-state index >= 15 is 0 Å². The predicted octanol–water partition coefficient (Wildman–Crippen LogP) is -0.193. The van der Waals surface area contributed by atoms with Crippen molar-refractivity contribution >= 4 is 5.91 Å². The third kappa shape index (κ3) is 4.40. The second-order valence-corrected chi connectivity index (χ2v) is 2.39. The van der Waals surface area contributed by atoms with Crippen molar-refractivity contribution in [3.63, 3.8) is 0 Å². The summed E-state index contributed by atoms with van der Waals surface area (Å²) in [6.45, 7) is 0.464. The molecule has 0 heterocycles. The normalized spacial score (nSPS) is 12.0. The van der Waals surface area contributed by atoms with Crippen LogP contribution in [0.4, 0.5) is 0 Å². The van der Waals surface area contributed by atoms with Gasteiger partial charge in [0.15, 0.2) is 0 Å². The Morgan fingerprint density at radius 2 is 2.18 bits per heavy atom. The van der Waals surface area contributed by atoms with Crippen LogP contribution >= 0.6 is 0 Å². The molecule has 1 atom stereocenters. The van der Waals surface area contributed by atoms with Gasteiger partial charge in [0.1, 0.15) is 0 Å². The zero-order chi connectivity index (χ0) is 8.69. The summed E-state index contributed by atoms with van der Waals surface area (Å²) in [5.74, 6) is 1.70. The van der Waals surface area contributed by atoms with Crippen LogP contribution in [-0.2, 0) is 4.79 Å². The van der Waals surface area contributed by atoms with Crippen molar-refractivity contribution in [1.82, 2.24) is 0 Å². The van der Waals surface area contributed by atoms with Gasteiger partial charge in [-0.05, 0) is 25.8 Å². The van der Waals surface area contributed by atoms with Crippen molar-refractivity contribution < 1.29 is 4.79 Å². The monoisotopic (exact) mass is 153 g/mol. The Kier molecular flexibility index (Phi) is 5.22. The summed E-state index contributed by atoms with van der Waals surface area (Å²) >= 11 is 0. The number of primary amides is 1. The average molecular weight is 153 g/mol. The fourth-order valence-electron chi connectivity index (χ4n) is 0.876. The SMILES string of the molecule is [C]#CCCC(CCN)C(N)=O. The van der Waals surface area contributed by atoms with Gasteiger partial charge in [-0.1, -0.05) is 5.92 Å². The van der Waals surface area contributed by atoms with Crippen LogP contribution in [0.3, 0.4) is 0 Å². The first-order valence-electron chi connectivity index (χ1n) is 3.61. The molecule has 11 heavy (non-hydrogen) atoms. The molecule has 0 rings (SSSR count). The summed E-state index contributed by atoms with van der Waals surface area (Å²) in [4.78, 5) is 10.7. The number of hydrogen-bond acceptors (Lipinski definition) is 2. The van der Waals surface area contributed by atoms with Crippen LogP contribution in [-0.4, -0.2) is 12.5 Å². The van der Waals surface area contributed by atoms with E-state index in [4.69, 9.17) is 17.9 Å². The molecule has 0 saturated heterocycles. The highest BCUT2D eigenvalue weighted by molar-refractivity contribution is 5.76. The van der Waals surface area contributed by atoms with E-state index in [2.05, 4.69) is 5.92 Å². The molecule has 0 spiro atoms. The van der Waals surface area contributed by atoms with Crippen LogP contribution in [0, 0.1) is 18.3 Å². The van der Waals surface area contributed by atoms with E-state index in [0.29, 0.717) is 25.8 Å². The molecule has 1 amide bonds. The minimum atomic E-state index is -0.328. The number of nitrogens with two attached hydrogens (primary N) is 2. The molecule has 3 heteroatoms. The molecular weight excluding hydrogens is 140 g/mol. The molecule has 0 aliphatic rings. The number of rotatable bonds is 5. The van der Waals surface area contributed by atoms with Crippen molar-refractivity contribution in [3.8, 4) is 5.92 Å². The van der Waals surface area contributed by atoms with Crippen LogP contribution in [0.15, 0.2) is 0 Å². The van der Waals surface area contributed by atoms with Gasteiger partial charge >= 0.3 is 0 Å². The zero-order valence-corrected chi connectivity index (χ0v) is 6.47. The minimum absolute atomic E-state index is 0.183. The van der Waals surface area contributed by atoms with E-state index < -0.39 is 0 Å². The smallest absolute Gasteiger partial charge is 0.220 e. The third-order valence-electron chi connectivity index (χ3n) is 1.54. The number of carbonyl (C=O) groups is 1. The first-order valence-corrected chi connectivity index (χ1v) is 3.61. The van der Waals surface area contributed by atoms with Crippen molar-refractivity contribution in [2.24, 2.45) is 17.4 Å². The van der Waals surface area contributed by atoms with Gasteiger partial charge in [-0.2, -0.15) is 0 Å². The van der Waals surface area contributed by atoms with E-state index in [1.807, 2.05) is 0 Å². The molecule has 0 aromatic carbocycles. The molecule has 3 nitrogen and oxygen atoms in total. The molecule has 0 saturated carbocycles. The van der Waals surface area contributed by atoms with Crippen molar-refractivity contribution in [2.75, 3.05) is 6.54 Å². The highest BCUT2D eigenvalue weighted by Crippen LogP contribution is 2.08. The topological polar surface area (TPSA) is 69.1 Å². The summed E-state index contributed by atoms with van der Waals surface area (Å²) < 4.78 is 0. The van der Waals surface area contributed by atoms with Crippen LogP contribution < -0.4 is 11.5 Å². The maximum Gasteiger partial charge on any atom is 0.220 e. The summed E-state index contributed by atoms with van der Waals surface area (Å²) in [5, 5.41) is 0. The molecule has 0 aromatic rings. The Hall–Kier alpha value is -1.01. The Morgan fingerprint density at radius 1 is 1.55 bits per heavy atom. The summed E-state index contributed by atoms with van der Waals surface area (Å²) in [5.41, 5.74) is 10.3. The lowest BCUT2D eigenvalue weighted by molar-refractivity contribution is -0.122. The molecule has 0 aliphatic carbocycles. The van der Waals surface area contributed by atoms with Crippen molar-refractivity contribution in [1.29, 1.82) is 0 Å². The van der Waals surface area contributed by atoms with Gasteiger partial charge in [0.05, 0.1) is 0 Å². The van der Waals surface area contributed by atoms with E-state index in [1.54, 1.807) is 0 Å². The quantitative estimate of drug-likeness (QED) is 0.537. The second-order valence-electron chi connectivity index (χ2n) is 2.39. The number of amides is 1. The molecular formula is C8H13N2O. The molecule has 0 aromatic heterocycles. The van der Waals surface area contributed by atoms with Gasteiger partial charge in [-0.3, -0.25) is 4.79 Å². The second kappa shape index (κ2) is 5.75. The van der Waals surface area contributed by atoms with Crippen LogP contribution in [0.1, 0.15) is 19.3 Å². The lowest BCUT2D eigenvalue weighted by Gasteiger charge is -2.08. The molecule has 61 valence electrons. The number of carbonyl (C=O) groups excluding carboxylic acids is 1. The highest BCUT2D eigenvalue weighted by Gasteiger charge is 2.12. The van der Waals surface area contributed by atoms with Gasteiger partial charge in [-0.15, -0.1) is 0 Å². The fourth-order valence-corrected chi connectivity index (χ4v) is 0.876. The summed E-state index contributed by atoms with van der Waals surface area (Å²) in [6.07, 6.45) is 8.32. The standard InChI is InChI=1S/C8H13N2O/c1-2-3-4-7(5-6-9)8(10)11/h7H,3-6,9H2,(H2,10,11). The number of hydrogen-bond donors (Lipinski definition) is 2. The third-order valence-corrected chi connectivity index (χ3v) is 1.54. The van der Waals surface area contributed by atoms with E-state index in [0.717, 1.165) is 0 Å². The minimum Gasteiger partial charge on any atom is -0.369 e. The van der Waals surface area contributed by atoms with E-state index in [-0.39, 0.29) is 11.8 Å². The Labute approximate surface area is 67.1 Å². The molecule has 4 N–H and O–H groups in total. The maximum absolute atomic E-state index is 10.7. The summed E-state index contributed by atoms with van der Waals surface area (Å²) in [6, 6.07) is 0. The predicted molar refractivity (Wildman–Crippen MR) is 42.7 cm³/mol. The van der Waals surface area contributed by atoms with Crippen LogP contribution in [0.25, 0.3) is 0 Å². The van der Waals surface area contributed by atoms with Gasteiger partial charge in [0.2, 0.25) is 5.91 Å².